The van der Waals surface area contributed by atoms with Crippen LogP contribution in [-0.2, 0) is 6.54 Å². The molecule has 0 bridgehead atoms. The molecule has 0 saturated carbocycles. The fraction of sp³-hybridized carbons (Fsp3) is 0.538. The van der Waals surface area contributed by atoms with Crippen LogP contribution >= 0.6 is 11.8 Å². The van der Waals surface area contributed by atoms with Crippen molar-refractivity contribution in [3.63, 3.8) is 0 Å². The summed E-state index contributed by atoms with van der Waals surface area (Å²) in [5.74, 6) is -0.154. The van der Waals surface area contributed by atoms with Crippen molar-refractivity contribution in [3.05, 3.63) is 29.6 Å². The molecular weight excluding hydrogens is 221 g/mol. The fourth-order valence-corrected chi connectivity index (χ4v) is 2.31. The fourth-order valence-electron chi connectivity index (χ4n) is 1.72. The van der Waals surface area contributed by atoms with Crippen LogP contribution in [0.3, 0.4) is 0 Å². The molecule has 0 atom stereocenters. The Morgan fingerprint density at radius 2 is 2.00 bits per heavy atom. The lowest BCUT2D eigenvalue weighted by Crippen LogP contribution is -2.27. The van der Waals surface area contributed by atoms with Gasteiger partial charge in [0, 0.05) is 17.5 Å². The Kier molecular flexibility index (Phi) is 5.85. The summed E-state index contributed by atoms with van der Waals surface area (Å²) in [6, 6.07) is 5.52. The van der Waals surface area contributed by atoms with Crippen molar-refractivity contribution in [2.45, 2.75) is 44.2 Å². The second kappa shape index (κ2) is 6.92. The molecule has 0 radical (unpaired) electrons. The van der Waals surface area contributed by atoms with E-state index in [9.17, 15) is 4.39 Å². The first-order chi connectivity index (χ1) is 7.71. The Morgan fingerprint density at radius 1 is 1.31 bits per heavy atom. The van der Waals surface area contributed by atoms with Gasteiger partial charge in [-0.2, -0.15) is 0 Å². The highest BCUT2D eigenvalue weighted by molar-refractivity contribution is 7.98. The first-order valence-corrected chi connectivity index (χ1v) is 6.99. The van der Waals surface area contributed by atoms with E-state index < -0.39 is 0 Å². The Morgan fingerprint density at radius 3 is 2.56 bits per heavy atom. The molecule has 1 aromatic carbocycles. The van der Waals surface area contributed by atoms with Gasteiger partial charge in [-0.3, -0.25) is 0 Å². The normalized spacial score (nSPS) is 11.1. The van der Waals surface area contributed by atoms with Gasteiger partial charge in [0.15, 0.2) is 0 Å². The average Bonchev–Trinajstić information content (AvgIpc) is 2.30. The molecule has 0 aliphatic rings. The molecule has 1 rings (SSSR count). The largest absolute Gasteiger partial charge is 0.310 e. The van der Waals surface area contributed by atoms with Crippen molar-refractivity contribution < 1.29 is 4.39 Å². The summed E-state index contributed by atoms with van der Waals surface area (Å²) in [6.07, 6.45) is 4.24. The van der Waals surface area contributed by atoms with Gasteiger partial charge in [0.1, 0.15) is 5.82 Å². The van der Waals surface area contributed by atoms with Gasteiger partial charge in [-0.1, -0.05) is 13.8 Å². The number of benzene rings is 1. The number of rotatable bonds is 6. The van der Waals surface area contributed by atoms with Gasteiger partial charge in [-0.15, -0.1) is 11.8 Å². The summed E-state index contributed by atoms with van der Waals surface area (Å²) in [4.78, 5) is 1.15. The van der Waals surface area contributed by atoms with Crippen LogP contribution in [0.1, 0.15) is 32.3 Å². The topological polar surface area (TPSA) is 12.0 Å². The Labute approximate surface area is 102 Å². The van der Waals surface area contributed by atoms with Gasteiger partial charge >= 0.3 is 0 Å². The van der Waals surface area contributed by atoms with Crippen LogP contribution in [0, 0.1) is 5.82 Å². The predicted molar refractivity (Wildman–Crippen MR) is 69.4 cm³/mol. The van der Waals surface area contributed by atoms with Crippen molar-refractivity contribution in [1.29, 1.82) is 0 Å². The molecule has 16 heavy (non-hydrogen) atoms. The molecule has 1 N–H and O–H groups in total. The van der Waals surface area contributed by atoms with E-state index in [2.05, 4.69) is 19.2 Å². The van der Waals surface area contributed by atoms with E-state index in [0.29, 0.717) is 6.04 Å². The van der Waals surface area contributed by atoms with Crippen LogP contribution in [0.5, 0.6) is 0 Å². The van der Waals surface area contributed by atoms with E-state index in [4.69, 9.17) is 0 Å². The van der Waals surface area contributed by atoms with Crippen molar-refractivity contribution in [2.75, 3.05) is 6.26 Å². The van der Waals surface area contributed by atoms with E-state index in [1.165, 1.54) is 6.07 Å². The molecule has 0 fully saturated rings. The van der Waals surface area contributed by atoms with Gasteiger partial charge in [-0.05, 0) is 42.9 Å². The van der Waals surface area contributed by atoms with Gasteiger partial charge in [-0.25, -0.2) is 4.39 Å². The maximum atomic E-state index is 13.1. The zero-order valence-electron chi connectivity index (χ0n) is 10.2. The molecule has 1 aromatic rings. The summed E-state index contributed by atoms with van der Waals surface area (Å²) in [5.41, 5.74) is 1.06. The second-order valence-electron chi connectivity index (χ2n) is 3.85. The number of halogens is 1. The predicted octanol–water partition coefficient (Wildman–Crippen LogP) is 3.83. The highest BCUT2D eigenvalue weighted by Crippen LogP contribution is 2.21. The number of hydrogen-bond acceptors (Lipinski definition) is 2. The third-order valence-corrected chi connectivity index (χ3v) is 3.65. The van der Waals surface area contributed by atoms with Gasteiger partial charge < -0.3 is 5.32 Å². The van der Waals surface area contributed by atoms with Crippen LogP contribution in [0.2, 0.25) is 0 Å². The summed E-state index contributed by atoms with van der Waals surface area (Å²) >= 11 is 1.66. The third kappa shape index (κ3) is 3.80. The molecule has 0 unspecified atom stereocenters. The maximum absolute atomic E-state index is 13.1. The van der Waals surface area contributed by atoms with E-state index in [1.54, 1.807) is 17.8 Å². The first kappa shape index (κ1) is 13.5. The molecule has 0 amide bonds. The summed E-state index contributed by atoms with van der Waals surface area (Å²) < 4.78 is 13.1. The highest BCUT2D eigenvalue weighted by Gasteiger charge is 2.06. The van der Waals surface area contributed by atoms with Crippen LogP contribution in [-0.4, -0.2) is 12.3 Å². The average molecular weight is 241 g/mol. The molecule has 90 valence electrons. The molecular formula is C13H20FNS. The highest BCUT2D eigenvalue weighted by atomic mass is 32.2. The smallest absolute Gasteiger partial charge is 0.123 e. The van der Waals surface area contributed by atoms with E-state index in [0.717, 1.165) is 29.8 Å². The summed E-state index contributed by atoms with van der Waals surface area (Å²) in [7, 11) is 0. The zero-order chi connectivity index (χ0) is 12.0. The number of hydrogen-bond donors (Lipinski definition) is 1. The Balaban J connectivity index is 2.68. The lowest BCUT2D eigenvalue weighted by Gasteiger charge is -2.16. The SMILES string of the molecule is CCC(CC)NCc1cc(F)ccc1SC. The summed E-state index contributed by atoms with van der Waals surface area (Å²) in [6.45, 7) is 5.09. The van der Waals surface area contributed by atoms with Crippen LogP contribution in [0.4, 0.5) is 4.39 Å². The van der Waals surface area contributed by atoms with Gasteiger partial charge in [0.2, 0.25) is 0 Å². The molecule has 0 aliphatic carbocycles. The monoisotopic (exact) mass is 241 g/mol. The van der Waals surface area contributed by atoms with E-state index in [-0.39, 0.29) is 5.82 Å². The van der Waals surface area contributed by atoms with Crippen LogP contribution < -0.4 is 5.32 Å². The Hall–Kier alpha value is -0.540. The lowest BCUT2D eigenvalue weighted by molar-refractivity contribution is 0.481. The van der Waals surface area contributed by atoms with Crippen molar-refractivity contribution in [2.24, 2.45) is 0 Å². The molecule has 0 aliphatic heterocycles. The third-order valence-electron chi connectivity index (χ3n) is 2.81. The van der Waals surface area contributed by atoms with Crippen molar-refractivity contribution in [1.82, 2.24) is 5.32 Å². The quantitative estimate of drug-likeness (QED) is 0.760. The van der Waals surface area contributed by atoms with Crippen molar-refractivity contribution in [3.8, 4) is 0 Å². The molecule has 0 saturated heterocycles. The lowest BCUT2D eigenvalue weighted by atomic mass is 10.1. The maximum Gasteiger partial charge on any atom is 0.123 e. The minimum atomic E-state index is -0.154. The molecule has 0 aromatic heterocycles. The molecule has 3 heteroatoms. The van der Waals surface area contributed by atoms with Gasteiger partial charge in [0.25, 0.3) is 0 Å². The number of nitrogens with one attached hydrogen (secondary N) is 1. The van der Waals surface area contributed by atoms with E-state index in [1.807, 2.05) is 12.3 Å². The molecule has 1 nitrogen and oxygen atoms in total. The number of thioether (sulfide) groups is 1. The molecule has 0 spiro atoms. The van der Waals surface area contributed by atoms with Crippen molar-refractivity contribution >= 4 is 11.8 Å². The molecule has 0 heterocycles. The second-order valence-corrected chi connectivity index (χ2v) is 4.70. The van der Waals surface area contributed by atoms with Crippen LogP contribution in [0.25, 0.3) is 0 Å². The van der Waals surface area contributed by atoms with E-state index >= 15 is 0 Å². The minimum Gasteiger partial charge on any atom is -0.310 e. The standard InChI is InChI=1S/C13H20FNS/c1-4-12(5-2)15-9-10-8-11(14)6-7-13(10)16-3/h6-8,12,15H,4-5,9H2,1-3H3. The van der Waals surface area contributed by atoms with Crippen LogP contribution in [0.15, 0.2) is 23.1 Å². The Bertz CT molecular complexity index is 324. The first-order valence-electron chi connectivity index (χ1n) is 5.77. The summed E-state index contributed by atoms with van der Waals surface area (Å²) in [5, 5.41) is 3.46. The van der Waals surface area contributed by atoms with Gasteiger partial charge in [0.05, 0.1) is 0 Å². The minimum absolute atomic E-state index is 0.154. The zero-order valence-corrected chi connectivity index (χ0v) is 11.0.